The molecule has 2 aromatic rings. The van der Waals surface area contributed by atoms with Crippen molar-refractivity contribution in [2.24, 2.45) is 0 Å². The van der Waals surface area contributed by atoms with E-state index in [0.717, 1.165) is 17.4 Å². The van der Waals surface area contributed by atoms with Gasteiger partial charge >= 0.3 is 6.03 Å². The van der Waals surface area contributed by atoms with Crippen LogP contribution in [0.4, 0.5) is 10.5 Å². The van der Waals surface area contributed by atoms with Gasteiger partial charge in [-0.15, -0.1) is 0 Å². The van der Waals surface area contributed by atoms with Gasteiger partial charge in [-0.25, -0.2) is 13.2 Å². The molecule has 0 saturated carbocycles. The van der Waals surface area contributed by atoms with Crippen LogP contribution in [0.25, 0.3) is 0 Å². The smallest absolute Gasteiger partial charge is 0.321 e. The molecule has 2 amide bonds. The predicted molar refractivity (Wildman–Crippen MR) is 96.0 cm³/mol. The number of benzene rings is 2. The molecular weight excluding hydrogens is 324 g/mol. The van der Waals surface area contributed by atoms with E-state index in [2.05, 4.69) is 5.32 Å². The number of aryl methyl sites for hydroxylation is 2. The summed E-state index contributed by atoms with van der Waals surface area (Å²) in [5, 5.41) is 2.78. The molecule has 0 aromatic heterocycles. The van der Waals surface area contributed by atoms with Gasteiger partial charge in [0, 0.05) is 25.5 Å². The molecule has 0 heterocycles. The SMILES string of the molecule is Cc1ccc(CN(C)C(=O)Nc2cc(S(C)(=O)=O)ccc2C)cc1. The van der Waals surface area contributed by atoms with Crippen molar-refractivity contribution < 1.29 is 13.2 Å². The van der Waals surface area contributed by atoms with Gasteiger partial charge < -0.3 is 10.2 Å². The van der Waals surface area contributed by atoms with E-state index >= 15 is 0 Å². The molecule has 1 N–H and O–H groups in total. The first-order valence-corrected chi connectivity index (χ1v) is 9.44. The number of carbonyl (C=O) groups is 1. The second-order valence-electron chi connectivity index (χ2n) is 6.02. The van der Waals surface area contributed by atoms with Crippen LogP contribution in [0.3, 0.4) is 0 Å². The van der Waals surface area contributed by atoms with E-state index in [1.54, 1.807) is 18.0 Å². The summed E-state index contributed by atoms with van der Waals surface area (Å²) in [6.07, 6.45) is 1.15. The monoisotopic (exact) mass is 346 g/mol. The van der Waals surface area contributed by atoms with Crippen molar-refractivity contribution in [2.75, 3.05) is 18.6 Å². The van der Waals surface area contributed by atoms with Crippen LogP contribution in [0.2, 0.25) is 0 Å². The average Bonchev–Trinajstić information content (AvgIpc) is 2.50. The van der Waals surface area contributed by atoms with Gasteiger partial charge in [-0.2, -0.15) is 0 Å². The second-order valence-corrected chi connectivity index (χ2v) is 8.04. The second kappa shape index (κ2) is 7.05. The third-order valence-corrected chi connectivity index (χ3v) is 4.88. The molecule has 0 atom stereocenters. The van der Waals surface area contributed by atoms with Gasteiger partial charge in [-0.05, 0) is 37.1 Å². The lowest BCUT2D eigenvalue weighted by Crippen LogP contribution is -2.31. The molecule has 0 bridgehead atoms. The molecule has 0 radical (unpaired) electrons. The summed E-state index contributed by atoms with van der Waals surface area (Å²) in [6.45, 7) is 4.30. The molecule has 2 aromatic carbocycles. The highest BCUT2D eigenvalue weighted by atomic mass is 32.2. The minimum atomic E-state index is -3.32. The fourth-order valence-electron chi connectivity index (χ4n) is 2.22. The Labute approximate surface area is 143 Å². The van der Waals surface area contributed by atoms with Crippen molar-refractivity contribution >= 4 is 21.6 Å². The van der Waals surface area contributed by atoms with E-state index in [1.807, 2.05) is 38.1 Å². The zero-order valence-corrected chi connectivity index (χ0v) is 15.1. The number of nitrogens with zero attached hydrogens (tertiary/aromatic N) is 1. The Morgan fingerprint density at radius 1 is 1.08 bits per heavy atom. The Morgan fingerprint density at radius 3 is 2.29 bits per heavy atom. The van der Waals surface area contributed by atoms with Gasteiger partial charge in [0.1, 0.15) is 0 Å². The molecule has 6 heteroatoms. The summed E-state index contributed by atoms with van der Waals surface area (Å²) in [7, 11) is -1.62. The van der Waals surface area contributed by atoms with E-state index in [-0.39, 0.29) is 10.9 Å². The third-order valence-electron chi connectivity index (χ3n) is 3.77. The number of urea groups is 1. The molecule has 24 heavy (non-hydrogen) atoms. The van der Waals surface area contributed by atoms with Crippen molar-refractivity contribution in [1.29, 1.82) is 0 Å². The highest BCUT2D eigenvalue weighted by Crippen LogP contribution is 2.20. The molecule has 0 aliphatic heterocycles. The molecule has 2 rings (SSSR count). The van der Waals surface area contributed by atoms with Crippen molar-refractivity contribution in [3.05, 3.63) is 59.2 Å². The lowest BCUT2D eigenvalue weighted by Gasteiger charge is -2.19. The first-order chi connectivity index (χ1) is 11.2. The summed E-state index contributed by atoms with van der Waals surface area (Å²) < 4.78 is 23.3. The Morgan fingerprint density at radius 2 is 1.71 bits per heavy atom. The number of nitrogens with one attached hydrogen (secondary N) is 1. The number of carbonyl (C=O) groups excluding carboxylic acids is 1. The minimum Gasteiger partial charge on any atom is -0.323 e. The van der Waals surface area contributed by atoms with Crippen molar-refractivity contribution in [3.8, 4) is 0 Å². The number of hydrogen-bond donors (Lipinski definition) is 1. The molecule has 0 spiro atoms. The van der Waals surface area contributed by atoms with E-state index < -0.39 is 9.84 Å². The van der Waals surface area contributed by atoms with Gasteiger partial charge in [0.05, 0.1) is 4.90 Å². The fraction of sp³-hybridized carbons (Fsp3) is 0.278. The van der Waals surface area contributed by atoms with E-state index in [4.69, 9.17) is 0 Å². The van der Waals surface area contributed by atoms with Crippen molar-refractivity contribution in [1.82, 2.24) is 4.90 Å². The summed E-state index contributed by atoms with van der Waals surface area (Å²) in [5.74, 6) is 0. The van der Waals surface area contributed by atoms with Gasteiger partial charge in [-0.3, -0.25) is 0 Å². The zero-order valence-electron chi connectivity index (χ0n) is 14.3. The first-order valence-electron chi connectivity index (χ1n) is 7.55. The standard InChI is InChI=1S/C18H22N2O3S/c1-13-5-8-15(9-6-13)12-20(3)18(21)19-17-11-16(24(4,22)23)10-7-14(17)2/h5-11H,12H2,1-4H3,(H,19,21). The van der Waals surface area contributed by atoms with Gasteiger partial charge in [0.15, 0.2) is 9.84 Å². The molecule has 0 aliphatic rings. The van der Waals surface area contributed by atoms with Crippen LogP contribution in [0.5, 0.6) is 0 Å². The molecule has 0 saturated heterocycles. The van der Waals surface area contributed by atoms with Crippen LogP contribution >= 0.6 is 0 Å². The van der Waals surface area contributed by atoms with E-state index in [0.29, 0.717) is 12.2 Å². The molecule has 0 fully saturated rings. The first kappa shape index (κ1) is 18.0. The van der Waals surface area contributed by atoms with Crippen molar-refractivity contribution in [2.45, 2.75) is 25.3 Å². The van der Waals surface area contributed by atoms with Gasteiger partial charge in [0.25, 0.3) is 0 Å². The quantitative estimate of drug-likeness (QED) is 0.923. The Balaban J connectivity index is 2.12. The highest BCUT2D eigenvalue weighted by molar-refractivity contribution is 7.90. The Kier molecular flexibility index (Phi) is 5.29. The number of rotatable bonds is 4. The summed E-state index contributed by atoms with van der Waals surface area (Å²) >= 11 is 0. The summed E-state index contributed by atoms with van der Waals surface area (Å²) in [4.78, 5) is 14.1. The third kappa shape index (κ3) is 4.58. The molecule has 128 valence electrons. The molecular formula is C18H22N2O3S. The zero-order chi connectivity index (χ0) is 17.9. The van der Waals surface area contributed by atoms with Gasteiger partial charge in [-0.1, -0.05) is 35.9 Å². The van der Waals surface area contributed by atoms with E-state index in [1.165, 1.54) is 17.7 Å². The van der Waals surface area contributed by atoms with Crippen LogP contribution in [0.15, 0.2) is 47.4 Å². The molecule has 0 aliphatic carbocycles. The molecule has 0 unspecified atom stereocenters. The fourth-order valence-corrected chi connectivity index (χ4v) is 2.86. The lowest BCUT2D eigenvalue weighted by atomic mass is 10.1. The summed E-state index contributed by atoms with van der Waals surface area (Å²) in [6, 6.07) is 12.4. The van der Waals surface area contributed by atoms with Crippen LogP contribution in [-0.4, -0.2) is 32.7 Å². The normalized spacial score (nSPS) is 11.2. The highest BCUT2D eigenvalue weighted by Gasteiger charge is 2.14. The maximum atomic E-state index is 12.4. The lowest BCUT2D eigenvalue weighted by molar-refractivity contribution is 0.220. The topological polar surface area (TPSA) is 66.5 Å². The predicted octanol–water partition coefficient (Wildman–Crippen LogP) is 3.37. The van der Waals surface area contributed by atoms with Gasteiger partial charge in [0.2, 0.25) is 0 Å². The van der Waals surface area contributed by atoms with Crippen molar-refractivity contribution in [3.63, 3.8) is 0 Å². The molecule has 5 nitrogen and oxygen atoms in total. The minimum absolute atomic E-state index is 0.185. The maximum Gasteiger partial charge on any atom is 0.321 e. The number of anilines is 1. The summed E-state index contributed by atoms with van der Waals surface area (Å²) in [5.41, 5.74) is 3.50. The average molecular weight is 346 g/mol. The Hall–Kier alpha value is -2.34. The number of amides is 2. The van der Waals surface area contributed by atoms with Crippen LogP contribution in [-0.2, 0) is 16.4 Å². The number of hydrogen-bond acceptors (Lipinski definition) is 3. The maximum absolute atomic E-state index is 12.4. The number of sulfone groups is 1. The van der Waals surface area contributed by atoms with Crippen LogP contribution in [0, 0.1) is 13.8 Å². The Bertz CT molecular complexity index is 843. The van der Waals surface area contributed by atoms with Crippen LogP contribution < -0.4 is 5.32 Å². The van der Waals surface area contributed by atoms with Crippen LogP contribution in [0.1, 0.15) is 16.7 Å². The van der Waals surface area contributed by atoms with E-state index in [9.17, 15) is 13.2 Å². The largest absolute Gasteiger partial charge is 0.323 e.